The summed E-state index contributed by atoms with van der Waals surface area (Å²) in [4.78, 5) is 4.05. The van der Waals surface area contributed by atoms with Gasteiger partial charge in [-0.15, -0.1) is 6.42 Å². The summed E-state index contributed by atoms with van der Waals surface area (Å²) in [5.74, 6) is 3.98. The highest BCUT2D eigenvalue weighted by atomic mass is 16.5. The summed E-state index contributed by atoms with van der Waals surface area (Å²) >= 11 is 0. The van der Waals surface area contributed by atoms with E-state index in [1.165, 1.54) is 0 Å². The maximum absolute atomic E-state index is 5.39. The quantitative estimate of drug-likeness (QED) is 0.709. The van der Waals surface area contributed by atoms with Crippen molar-refractivity contribution >= 4 is 5.82 Å². The summed E-state index contributed by atoms with van der Waals surface area (Å²) in [6, 6.07) is 3.57. The molecule has 0 aliphatic heterocycles. The molecule has 1 heterocycles. The molecule has 0 bridgehead atoms. The molecular weight excluding hydrogens is 164 g/mol. The van der Waals surface area contributed by atoms with E-state index in [2.05, 4.69) is 16.2 Å². The molecular formula is C10H12N2O. The van der Waals surface area contributed by atoms with Crippen molar-refractivity contribution in [3.05, 3.63) is 18.3 Å². The molecule has 1 rings (SSSR count). The summed E-state index contributed by atoms with van der Waals surface area (Å²) in [7, 11) is 1.80. The smallest absolute Gasteiger partial charge is 0.156 e. The molecule has 0 aliphatic carbocycles. The van der Waals surface area contributed by atoms with E-state index in [0.29, 0.717) is 0 Å². The molecule has 0 amide bonds. The van der Waals surface area contributed by atoms with E-state index in [0.717, 1.165) is 11.6 Å². The molecule has 0 saturated carbocycles. The molecule has 68 valence electrons. The van der Waals surface area contributed by atoms with Crippen LogP contribution in [0.1, 0.15) is 6.92 Å². The fourth-order valence-corrected chi connectivity index (χ4v) is 0.859. The molecule has 3 nitrogen and oxygen atoms in total. The van der Waals surface area contributed by atoms with Crippen LogP contribution < -0.4 is 10.1 Å². The van der Waals surface area contributed by atoms with E-state index in [9.17, 15) is 0 Å². The van der Waals surface area contributed by atoms with Gasteiger partial charge in [0.15, 0.2) is 6.10 Å². The Bertz CT molecular complexity index is 317. The fraction of sp³-hybridized carbons (Fsp3) is 0.300. The van der Waals surface area contributed by atoms with Crippen LogP contribution in [0.3, 0.4) is 0 Å². The number of nitrogens with one attached hydrogen (secondary N) is 1. The summed E-state index contributed by atoms with van der Waals surface area (Å²) in [5.41, 5.74) is 0. The molecule has 13 heavy (non-hydrogen) atoms. The zero-order chi connectivity index (χ0) is 9.68. The largest absolute Gasteiger partial charge is 0.478 e. The second-order valence-corrected chi connectivity index (χ2v) is 2.55. The second kappa shape index (κ2) is 4.36. The van der Waals surface area contributed by atoms with Gasteiger partial charge in [-0.05, 0) is 13.0 Å². The lowest BCUT2D eigenvalue weighted by molar-refractivity contribution is 0.279. The summed E-state index contributed by atoms with van der Waals surface area (Å²) in [6.07, 6.45) is 6.64. The molecule has 0 aliphatic rings. The van der Waals surface area contributed by atoms with Crippen LogP contribution in [-0.2, 0) is 0 Å². The van der Waals surface area contributed by atoms with Gasteiger partial charge >= 0.3 is 0 Å². The molecule has 0 fully saturated rings. The van der Waals surface area contributed by atoms with E-state index in [4.69, 9.17) is 11.2 Å². The summed E-state index contributed by atoms with van der Waals surface area (Å²) in [6.45, 7) is 1.82. The van der Waals surface area contributed by atoms with Gasteiger partial charge in [0.1, 0.15) is 11.6 Å². The number of rotatable bonds is 3. The van der Waals surface area contributed by atoms with E-state index >= 15 is 0 Å². The lowest BCUT2D eigenvalue weighted by atomic mass is 10.4. The number of aromatic nitrogens is 1. The predicted octanol–water partition coefficient (Wildman–Crippen LogP) is 1.52. The van der Waals surface area contributed by atoms with Crippen molar-refractivity contribution in [1.29, 1.82) is 0 Å². The van der Waals surface area contributed by atoms with Gasteiger partial charge in [0.25, 0.3) is 0 Å². The predicted molar refractivity (Wildman–Crippen MR) is 52.7 cm³/mol. The minimum Gasteiger partial charge on any atom is -0.478 e. The van der Waals surface area contributed by atoms with Gasteiger partial charge in [0.05, 0.1) is 0 Å². The Morgan fingerprint density at radius 2 is 2.46 bits per heavy atom. The highest BCUT2D eigenvalue weighted by molar-refractivity contribution is 5.39. The van der Waals surface area contributed by atoms with E-state index < -0.39 is 0 Å². The van der Waals surface area contributed by atoms with Crippen LogP contribution in [0.25, 0.3) is 0 Å². The number of pyridine rings is 1. The first-order valence-corrected chi connectivity index (χ1v) is 4.03. The van der Waals surface area contributed by atoms with E-state index in [-0.39, 0.29) is 6.10 Å². The maximum atomic E-state index is 5.39. The number of hydrogen-bond donors (Lipinski definition) is 1. The van der Waals surface area contributed by atoms with Crippen LogP contribution in [0.5, 0.6) is 5.75 Å². The first kappa shape index (κ1) is 9.40. The topological polar surface area (TPSA) is 34.1 Å². The van der Waals surface area contributed by atoms with Crippen molar-refractivity contribution in [3.8, 4) is 18.1 Å². The highest BCUT2D eigenvalue weighted by Crippen LogP contribution is 2.14. The van der Waals surface area contributed by atoms with Crippen LogP contribution in [-0.4, -0.2) is 18.1 Å². The van der Waals surface area contributed by atoms with Gasteiger partial charge in [-0.1, -0.05) is 5.92 Å². The van der Waals surface area contributed by atoms with Crippen molar-refractivity contribution < 1.29 is 4.74 Å². The summed E-state index contributed by atoms with van der Waals surface area (Å²) in [5, 5.41) is 2.92. The van der Waals surface area contributed by atoms with Gasteiger partial charge < -0.3 is 10.1 Å². The van der Waals surface area contributed by atoms with Crippen LogP contribution in [0.15, 0.2) is 18.3 Å². The number of ether oxygens (including phenoxy) is 1. The Kier molecular flexibility index (Phi) is 3.15. The van der Waals surface area contributed by atoms with Crippen molar-refractivity contribution in [2.45, 2.75) is 13.0 Å². The molecule has 1 N–H and O–H groups in total. The Morgan fingerprint density at radius 1 is 1.69 bits per heavy atom. The van der Waals surface area contributed by atoms with Crippen LogP contribution in [0, 0.1) is 12.3 Å². The number of nitrogens with zero attached hydrogens (tertiary/aromatic N) is 1. The Labute approximate surface area is 78.1 Å². The third kappa shape index (κ3) is 2.68. The van der Waals surface area contributed by atoms with Crippen molar-refractivity contribution in [2.75, 3.05) is 12.4 Å². The molecule has 1 aromatic heterocycles. The van der Waals surface area contributed by atoms with Gasteiger partial charge in [0.2, 0.25) is 0 Å². The molecule has 1 atom stereocenters. The zero-order valence-corrected chi connectivity index (χ0v) is 7.74. The zero-order valence-electron chi connectivity index (χ0n) is 7.74. The van der Waals surface area contributed by atoms with Gasteiger partial charge in [-0.25, -0.2) is 4.98 Å². The lowest BCUT2D eigenvalue weighted by Gasteiger charge is -2.09. The van der Waals surface area contributed by atoms with Crippen LogP contribution >= 0.6 is 0 Å². The van der Waals surface area contributed by atoms with Crippen molar-refractivity contribution in [3.63, 3.8) is 0 Å². The van der Waals surface area contributed by atoms with E-state index in [1.807, 2.05) is 6.92 Å². The first-order valence-electron chi connectivity index (χ1n) is 4.03. The third-order valence-electron chi connectivity index (χ3n) is 1.54. The average Bonchev–Trinajstić information content (AvgIpc) is 2.18. The monoisotopic (exact) mass is 176 g/mol. The minimum atomic E-state index is -0.216. The van der Waals surface area contributed by atoms with Crippen LogP contribution in [0.4, 0.5) is 5.82 Å². The van der Waals surface area contributed by atoms with Crippen LogP contribution in [0.2, 0.25) is 0 Å². The molecule has 1 unspecified atom stereocenters. The Hall–Kier alpha value is -1.69. The standard InChI is InChI=1S/C10H12N2O/c1-4-8(2)13-9-5-6-12-10(7-9)11-3/h1,5-8H,2-3H3,(H,11,12). The molecule has 1 aromatic rings. The van der Waals surface area contributed by atoms with Crippen molar-refractivity contribution in [1.82, 2.24) is 4.98 Å². The maximum Gasteiger partial charge on any atom is 0.156 e. The normalized spacial score (nSPS) is 11.5. The second-order valence-electron chi connectivity index (χ2n) is 2.55. The molecule has 0 radical (unpaired) electrons. The third-order valence-corrected chi connectivity index (χ3v) is 1.54. The minimum absolute atomic E-state index is 0.216. The lowest BCUT2D eigenvalue weighted by Crippen LogP contribution is -2.08. The Morgan fingerprint density at radius 3 is 3.08 bits per heavy atom. The van der Waals surface area contributed by atoms with Gasteiger partial charge in [-0.3, -0.25) is 0 Å². The van der Waals surface area contributed by atoms with Gasteiger partial charge in [-0.2, -0.15) is 0 Å². The number of anilines is 1. The van der Waals surface area contributed by atoms with Crippen molar-refractivity contribution in [2.24, 2.45) is 0 Å². The molecule has 3 heteroatoms. The molecule has 0 aromatic carbocycles. The number of hydrogen-bond acceptors (Lipinski definition) is 3. The first-order chi connectivity index (χ1) is 6.26. The molecule has 0 spiro atoms. The average molecular weight is 176 g/mol. The number of terminal acetylenes is 1. The summed E-state index contributed by atoms with van der Waals surface area (Å²) < 4.78 is 5.39. The highest BCUT2D eigenvalue weighted by Gasteiger charge is 1.99. The Balaban J connectivity index is 2.73. The van der Waals surface area contributed by atoms with E-state index in [1.54, 1.807) is 25.4 Å². The fourth-order valence-electron chi connectivity index (χ4n) is 0.859. The molecule has 0 saturated heterocycles. The van der Waals surface area contributed by atoms with Gasteiger partial charge in [0, 0.05) is 19.3 Å². The SMILES string of the molecule is C#CC(C)Oc1ccnc(NC)c1.